The Morgan fingerprint density at radius 2 is 1.94 bits per heavy atom. The zero-order chi connectivity index (χ0) is 13.3. The number of amides is 2. The van der Waals surface area contributed by atoms with Crippen molar-refractivity contribution in [1.82, 2.24) is 10.2 Å². The van der Waals surface area contributed by atoms with Crippen LogP contribution in [0.25, 0.3) is 0 Å². The Labute approximate surface area is 110 Å². The van der Waals surface area contributed by atoms with Crippen molar-refractivity contribution in [3.8, 4) is 0 Å². The van der Waals surface area contributed by atoms with E-state index < -0.39 is 0 Å². The largest absolute Gasteiger partial charge is 0.393 e. The van der Waals surface area contributed by atoms with Gasteiger partial charge in [-0.15, -0.1) is 0 Å². The summed E-state index contributed by atoms with van der Waals surface area (Å²) in [5.41, 5.74) is -0.196. The van der Waals surface area contributed by atoms with Gasteiger partial charge < -0.3 is 15.3 Å². The van der Waals surface area contributed by atoms with Crippen molar-refractivity contribution >= 4 is 6.03 Å². The van der Waals surface area contributed by atoms with Crippen LogP contribution in [-0.2, 0) is 0 Å². The molecular formula is C14H26N2O2. The topological polar surface area (TPSA) is 52.6 Å². The number of carbonyl (C=O) groups excluding carboxylic acids is 1. The first kappa shape index (κ1) is 13.7. The third-order valence-electron chi connectivity index (χ3n) is 4.07. The van der Waals surface area contributed by atoms with Crippen LogP contribution >= 0.6 is 0 Å². The summed E-state index contributed by atoms with van der Waals surface area (Å²) >= 11 is 0. The van der Waals surface area contributed by atoms with Gasteiger partial charge in [0.05, 0.1) is 6.10 Å². The molecule has 3 atom stereocenters. The third-order valence-corrected chi connectivity index (χ3v) is 4.07. The maximum absolute atomic E-state index is 12.3. The number of rotatable bonds is 1. The van der Waals surface area contributed by atoms with Gasteiger partial charge in [0, 0.05) is 24.0 Å². The normalized spacial score (nSPS) is 32.9. The van der Waals surface area contributed by atoms with E-state index in [2.05, 4.69) is 5.32 Å². The quantitative estimate of drug-likeness (QED) is 0.753. The molecule has 2 fully saturated rings. The highest BCUT2D eigenvalue weighted by Crippen LogP contribution is 2.35. The summed E-state index contributed by atoms with van der Waals surface area (Å²) in [6, 6.07) is 0.272. The first-order valence-corrected chi connectivity index (χ1v) is 7.15. The Morgan fingerprint density at radius 3 is 2.50 bits per heavy atom. The lowest BCUT2D eigenvalue weighted by Gasteiger charge is -2.33. The minimum Gasteiger partial charge on any atom is -0.393 e. The van der Waals surface area contributed by atoms with Gasteiger partial charge in [-0.3, -0.25) is 0 Å². The van der Waals surface area contributed by atoms with Crippen LogP contribution in [0.2, 0.25) is 0 Å². The fraction of sp³-hybridized carbons (Fsp3) is 0.929. The second-order valence-electron chi connectivity index (χ2n) is 6.75. The van der Waals surface area contributed by atoms with Crippen molar-refractivity contribution in [3.05, 3.63) is 0 Å². The summed E-state index contributed by atoms with van der Waals surface area (Å²) < 4.78 is 0. The maximum Gasteiger partial charge on any atom is 0.318 e. The zero-order valence-corrected chi connectivity index (χ0v) is 11.8. The summed E-state index contributed by atoms with van der Waals surface area (Å²) in [6.45, 7) is 6.83. The summed E-state index contributed by atoms with van der Waals surface area (Å²) in [5.74, 6) is 0.290. The van der Waals surface area contributed by atoms with Gasteiger partial charge in [0.15, 0.2) is 0 Å². The predicted octanol–water partition coefficient (Wildman–Crippen LogP) is 2.12. The van der Waals surface area contributed by atoms with Crippen LogP contribution in [0.5, 0.6) is 0 Å². The molecule has 0 aromatic rings. The standard InChI is InChI=1S/C14H26N2O2/c1-14(2,3)15-13(18)16-9-5-7-11(16)10-6-4-8-12(10)17/h10-12,17H,4-9H2,1-3H3,(H,15,18). The molecule has 0 aromatic carbocycles. The van der Waals surface area contributed by atoms with Crippen LogP contribution in [0.15, 0.2) is 0 Å². The lowest BCUT2D eigenvalue weighted by molar-refractivity contribution is 0.0829. The van der Waals surface area contributed by atoms with Crippen LogP contribution in [0.3, 0.4) is 0 Å². The third kappa shape index (κ3) is 2.97. The van der Waals surface area contributed by atoms with Crippen LogP contribution in [0, 0.1) is 5.92 Å². The van der Waals surface area contributed by atoms with Crippen LogP contribution in [-0.4, -0.2) is 40.3 Å². The highest BCUT2D eigenvalue weighted by atomic mass is 16.3. The number of likely N-dealkylation sites (tertiary alicyclic amines) is 1. The summed E-state index contributed by atoms with van der Waals surface area (Å²) in [4.78, 5) is 14.2. The number of carbonyl (C=O) groups is 1. The molecule has 0 radical (unpaired) electrons. The fourth-order valence-corrected chi connectivity index (χ4v) is 3.30. The van der Waals surface area contributed by atoms with Gasteiger partial charge in [0.25, 0.3) is 0 Å². The van der Waals surface area contributed by atoms with Crippen molar-refractivity contribution in [2.45, 2.75) is 70.6 Å². The SMILES string of the molecule is CC(C)(C)NC(=O)N1CCCC1C1CCCC1O. The van der Waals surface area contributed by atoms with Crippen LogP contribution in [0.1, 0.15) is 52.9 Å². The van der Waals surface area contributed by atoms with Gasteiger partial charge in [-0.2, -0.15) is 0 Å². The fourth-order valence-electron chi connectivity index (χ4n) is 3.30. The molecule has 1 saturated heterocycles. The Hall–Kier alpha value is -0.770. The van der Waals surface area contributed by atoms with E-state index in [4.69, 9.17) is 0 Å². The lowest BCUT2D eigenvalue weighted by atomic mass is 9.94. The maximum atomic E-state index is 12.3. The molecule has 4 nitrogen and oxygen atoms in total. The number of hydrogen-bond acceptors (Lipinski definition) is 2. The number of nitrogens with zero attached hydrogens (tertiary/aromatic N) is 1. The van der Waals surface area contributed by atoms with E-state index in [9.17, 15) is 9.90 Å². The minimum atomic E-state index is -0.210. The van der Waals surface area contributed by atoms with E-state index in [0.717, 1.165) is 38.6 Å². The molecule has 1 heterocycles. The summed E-state index contributed by atoms with van der Waals surface area (Å²) in [7, 11) is 0. The Morgan fingerprint density at radius 1 is 1.22 bits per heavy atom. The van der Waals surface area contributed by atoms with Crippen molar-refractivity contribution in [2.24, 2.45) is 5.92 Å². The van der Waals surface area contributed by atoms with Crippen molar-refractivity contribution in [2.75, 3.05) is 6.54 Å². The second kappa shape index (κ2) is 5.08. The molecule has 104 valence electrons. The molecule has 2 amide bonds. The predicted molar refractivity (Wildman–Crippen MR) is 71.4 cm³/mol. The Bertz CT molecular complexity index is 311. The van der Waals surface area contributed by atoms with E-state index in [1.807, 2.05) is 25.7 Å². The second-order valence-corrected chi connectivity index (χ2v) is 6.75. The molecule has 0 bridgehead atoms. The van der Waals surface area contributed by atoms with Crippen LogP contribution in [0.4, 0.5) is 4.79 Å². The van der Waals surface area contributed by atoms with Gasteiger partial charge >= 0.3 is 6.03 Å². The molecule has 2 aliphatic rings. The van der Waals surface area contributed by atoms with Gasteiger partial charge in [0.1, 0.15) is 0 Å². The Balaban J connectivity index is 2.01. The molecule has 1 aliphatic heterocycles. The lowest BCUT2D eigenvalue weighted by Crippen LogP contribution is -2.52. The van der Waals surface area contributed by atoms with E-state index in [1.165, 1.54) is 0 Å². The molecular weight excluding hydrogens is 228 g/mol. The monoisotopic (exact) mass is 254 g/mol. The van der Waals surface area contributed by atoms with Gasteiger partial charge in [-0.1, -0.05) is 6.42 Å². The highest BCUT2D eigenvalue weighted by molar-refractivity contribution is 5.75. The summed E-state index contributed by atoms with van der Waals surface area (Å²) in [6.07, 6.45) is 4.95. The first-order chi connectivity index (χ1) is 8.38. The van der Waals surface area contributed by atoms with Gasteiger partial charge in [-0.25, -0.2) is 4.79 Å². The van der Waals surface area contributed by atoms with E-state index in [-0.39, 0.29) is 23.7 Å². The number of nitrogens with one attached hydrogen (secondary N) is 1. The molecule has 1 saturated carbocycles. The number of urea groups is 1. The average Bonchev–Trinajstić information content (AvgIpc) is 2.82. The molecule has 2 N–H and O–H groups in total. The number of aliphatic hydroxyl groups excluding tert-OH is 1. The molecule has 18 heavy (non-hydrogen) atoms. The average molecular weight is 254 g/mol. The van der Waals surface area contributed by atoms with E-state index in [0.29, 0.717) is 5.92 Å². The highest BCUT2D eigenvalue weighted by Gasteiger charge is 2.40. The molecule has 3 unspecified atom stereocenters. The minimum absolute atomic E-state index is 0.0316. The number of hydrogen-bond donors (Lipinski definition) is 2. The Kier molecular flexibility index (Phi) is 3.85. The molecule has 0 spiro atoms. The molecule has 2 rings (SSSR count). The van der Waals surface area contributed by atoms with Crippen molar-refractivity contribution in [1.29, 1.82) is 0 Å². The van der Waals surface area contributed by atoms with E-state index in [1.54, 1.807) is 0 Å². The smallest absolute Gasteiger partial charge is 0.318 e. The van der Waals surface area contributed by atoms with E-state index >= 15 is 0 Å². The summed E-state index contributed by atoms with van der Waals surface area (Å²) in [5, 5.41) is 13.1. The van der Waals surface area contributed by atoms with Gasteiger partial charge in [-0.05, 0) is 46.5 Å². The number of aliphatic hydroxyl groups is 1. The zero-order valence-electron chi connectivity index (χ0n) is 11.8. The molecule has 0 aromatic heterocycles. The van der Waals surface area contributed by atoms with Gasteiger partial charge in [0.2, 0.25) is 0 Å². The molecule has 1 aliphatic carbocycles. The van der Waals surface area contributed by atoms with Crippen molar-refractivity contribution in [3.63, 3.8) is 0 Å². The van der Waals surface area contributed by atoms with Crippen molar-refractivity contribution < 1.29 is 9.90 Å². The van der Waals surface area contributed by atoms with Crippen LogP contribution < -0.4 is 5.32 Å². The first-order valence-electron chi connectivity index (χ1n) is 7.15. The molecule has 4 heteroatoms.